The fourth-order valence-corrected chi connectivity index (χ4v) is 4.17. The van der Waals surface area contributed by atoms with E-state index >= 15 is 0 Å². The average molecular weight is 497 g/mol. The molecule has 0 spiro atoms. The summed E-state index contributed by atoms with van der Waals surface area (Å²) in [6, 6.07) is 14.2. The fourth-order valence-electron chi connectivity index (χ4n) is 3.99. The van der Waals surface area contributed by atoms with E-state index in [1.165, 1.54) is 6.42 Å². The van der Waals surface area contributed by atoms with Crippen molar-refractivity contribution in [2.45, 2.75) is 38.7 Å². The Kier molecular flexibility index (Phi) is 8.02. The van der Waals surface area contributed by atoms with Crippen molar-refractivity contribution in [3.63, 3.8) is 0 Å². The summed E-state index contributed by atoms with van der Waals surface area (Å²) in [6.45, 7) is 3.74. The molecule has 184 valence electrons. The highest BCUT2D eigenvalue weighted by molar-refractivity contribution is 6.30. The summed E-state index contributed by atoms with van der Waals surface area (Å²) in [5, 5.41) is 4.58. The Morgan fingerprint density at radius 2 is 1.89 bits per heavy atom. The molecule has 1 saturated heterocycles. The van der Waals surface area contributed by atoms with Gasteiger partial charge in [0.1, 0.15) is 5.75 Å². The minimum atomic E-state index is -0.662. The van der Waals surface area contributed by atoms with Gasteiger partial charge in [-0.25, -0.2) is 0 Å². The van der Waals surface area contributed by atoms with Crippen LogP contribution >= 0.6 is 11.6 Å². The Balaban J connectivity index is 1.30. The molecule has 0 bridgehead atoms. The molecular weight excluding hydrogens is 468 g/mol. The van der Waals surface area contributed by atoms with Crippen LogP contribution in [0.3, 0.4) is 0 Å². The van der Waals surface area contributed by atoms with Crippen molar-refractivity contribution in [3.8, 4) is 17.2 Å². The summed E-state index contributed by atoms with van der Waals surface area (Å²) < 4.78 is 11.1. The number of likely N-dealkylation sites (tertiary alicyclic amines) is 1. The second kappa shape index (κ2) is 11.4. The van der Waals surface area contributed by atoms with E-state index in [4.69, 9.17) is 20.9 Å². The second-order valence-corrected chi connectivity index (χ2v) is 9.11. The maximum absolute atomic E-state index is 12.7. The predicted octanol–water partition coefficient (Wildman–Crippen LogP) is 4.48. The lowest BCUT2D eigenvalue weighted by atomic mass is 10.1. The number of halogens is 1. The molecular formula is C26H29ClN4O4. The third kappa shape index (κ3) is 6.39. The number of ether oxygens (including phenoxy) is 1. The molecule has 1 atom stereocenters. The number of nitrogens with zero attached hydrogens (tertiary/aromatic N) is 4. The molecule has 0 aliphatic carbocycles. The van der Waals surface area contributed by atoms with Gasteiger partial charge in [-0.05, 0) is 68.7 Å². The topological polar surface area (TPSA) is 88.8 Å². The normalized spacial score (nSPS) is 14.4. The fraction of sp³-hybridized carbons (Fsp3) is 0.385. The maximum atomic E-state index is 12.7. The second-order valence-electron chi connectivity index (χ2n) is 8.67. The summed E-state index contributed by atoms with van der Waals surface area (Å²) in [4.78, 5) is 33.2. The molecule has 8 nitrogen and oxygen atoms in total. The zero-order valence-corrected chi connectivity index (χ0v) is 20.7. The van der Waals surface area contributed by atoms with Crippen molar-refractivity contribution < 1.29 is 18.8 Å². The van der Waals surface area contributed by atoms with Crippen molar-refractivity contribution >= 4 is 23.4 Å². The molecule has 1 aliphatic heterocycles. The summed E-state index contributed by atoms with van der Waals surface area (Å²) in [5.41, 5.74) is 1.40. The number of hydrogen-bond donors (Lipinski definition) is 0. The van der Waals surface area contributed by atoms with Gasteiger partial charge in [0.25, 0.3) is 17.7 Å². The van der Waals surface area contributed by atoms with Crippen LogP contribution in [0.25, 0.3) is 11.5 Å². The van der Waals surface area contributed by atoms with E-state index < -0.39 is 6.10 Å². The van der Waals surface area contributed by atoms with Gasteiger partial charge >= 0.3 is 0 Å². The van der Waals surface area contributed by atoms with E-state index in [1.807, 2.05) is 17.0 Å². The molecule has 2 heterocycles. The molecule has 0 saturated carbocycles. The van der Waals surface area contributed by atoms with E-state index in [0.29, 0.717) is 41.0 Å². The van der Waals surface area contributed by atoms with Gasteiger partial charge in [-0.3, -0.25) is 9.59 Å². The third-order valence-corrected chi connectivity index (χ3v) is 6.23. The van der Waals surface area contributed by atoms with Crippen LogP contribution in [0.5, 0.6) is 5.75 Å². The van der Waals surface area contributed by atoms with Gasteiger partial charge in [-0.2, -0.15) is 4.98 Å². The quantitative estimate of drug-likeness (QED) is 0.456. The zero-order chi connectivity index (χ0) is 24.8. The molecule has 2 aromatic carbocycles. The molecule has 4 rings (SSSR count). The number of hydrogen-bond acceptors (Lipinski definition) is 6. The van der Waals surface area contributed by atoms with Gasteiger partial charge in [-0.15, -0.1) is 0 Å². The minimum Gasteiger partial charge on any atom is -0.481 e. The highest BCUT2D eigenvalue weighted by Crippen LogP contribution is 2.21. The largest absolute Gasteiger partial charge is 0.481 e. The minimum absolute atomic E-state index is 0.0590. The Morgan fingerprint density at radius 3 is 2.60 bits per heavy atom. The highest BCUT2D eigenvalue weighted by atomic mass is 35.5. The van der Waals surface area contributed by atoms with Crippen LogP contribution in [0.4, 0.5) is 0 Å². The first-order valence-corrected chi connectivity index (χ1v) is 12.2. The van der Waals surface area contributed by atoms with Crippen LogP contribution in [0, 0.1) is 0 Å². The number of aromatic nitrogens is 2. The molecule has 35 heavy (non-hydrogen) atoms. The van der Waals surface area contributed by atoms with Gasteiger partial charge in [-0.1, -0.05) is 22.8 Å². The van der Waals surface area contributed by atoms with E-state index in [1.54, 1.807) is 55.3 Å². The summed E-state index contributed by atoms with van der Waals surface area (Å²) >= 11 is 5.97. The highest BCUT2D eigenvalue weighted by Gasteiger charge is 2.21. The average Bonchev–Trinajstić information content (AvgIpc) is 3.36. The van der Waals surface area contributed by atoms with E-state index in [-0.39, 0.29) is 11.8 Å². The number of carbonyl (C=O) groups is 2. The molecule has 0 radical (unpaired) electrons. The maximum Gasteiger partial charge on any atom is 0.263 e. The lowest BCUT2D eigenvalue weighted by Gasteiger charge is -2.26. The summed E-state index contributed by atoms with van der Waals surface area (Å²) in [7, 11) is 1.71. The molecule has 9 heteroatoms. The number of rotatable bonds is 8. The molecule has 0 N–H and O–H groups in total. The smallest absolute Gasteiger partial charge is 0.263 e. The first kappa shape index (κ1) is 24.7. The molecule has 2 amide bonds. The molecule has 1 aliphatic rings. The van der Waals surface area contributed by atoms with Crippen molar-refractivity contribution in [2.75, 3.05) is 26.7 Å². The lowest BCUT2D eigenvalue weighted by molar-refractivity contribution is -0.136. The van der Waals surface area contributed by atoms with Crippen LogP contribution in [-0.2, 0) is 11.2 Å². The molecule has 3 aromatic rings. The Morgan fingerprint density at radius 1 is 1.14 bits per heavy atom. The van der Waals surface area contributed by atoms with Crippen molar-refractivity contribution in [3.05, 3.63) is 64.9 Å². The SMILES string of the molecule is CC(Oc1cccc(Cl)c1)C(=O)N(C)CCc1noc(-c2ccc(C(=O)N3CCCCC3)cc2)n1. The number of piperidine rings is 1. The van der Waals surface area contributed by atoms with Gasteiger partial charge in [0.15, 0.2) is 11.9 Å². The van der Waals surface area contributed by atoms with Crippen molar-refractivity contribution in [2.24, 2.45) is 0 Å². The first-order chi connectivity index (χ1) is 16.9. The van der Waals surface area contributed by atoms with Crippen LogP contribution in [-0.4, -0.2) is 64.5 Å². The Labute approximate surface area is 209 Å². The number of amides is 2. The molecule has 1 aromatic heterocycles. The van der Waals surface area contributed by atoms with E-state index in [2.05, 4.69) is 10.1 Å². The summed E-state index contributed by atoms with van der Waals surface area (Å²) in [6.07, 6.45) is 3.07. The Bertz CT molecular complexity index is 1160. The predicted molar refractivity (Wildman–Crippen MR) is 132 cm³/mol. The standard InChI is InChI=1S/C26H29ClN4O4/c1-18(34-22-8-6-7-21(27)17-22)25(32)30(2)16-13-23-28-24(35-29-23)19-9-11-20(12-10-19)26(33)31-14-4-3-5-15-31/h6-12,17-18H,3-5,13-16H2,1-2H3. The number of likely N-dealkylation sites (N-methyl/N-ethyl adjacent to an activating group) is 1. The number of benzene rings is 2. The first-order valence-electron chi connectivity index (χ1n) is 11.8. The van der Waals surface area contributed by atoms with Gasteiger partial charge in [0.05, 0.1) is 0 Å². The van der Waals surface area contributed by atoms with Gasteiger partial charge in [0, 0.05) is 49.3 Å². The van der Waals surface area contributed by atoms with Gasteiger partial charge in [0.2, 0.25) is 0 Å². The lowest BCUT2D eigenvalue weighted by Crippen LogP contribution is -2.39. The zero-order valence-electron chi connectivity index (χ0n) is 19.9. The molecule has 1 fully saturated rings. The van der Waals surface area contributed by atoms with E-state index in [0.717, 1.165) is 31.5 Å². The van der Waals surface area contributed by atoms with Crippen LogP contribution in [0.2, 0.25) is 5.02 Å². The van der Waals surface area contributed by atoms with Crippen molar-refractivity contribution in [1.82, 2.24) is 19.9 Å². The van der Waals surface area contributed by atoms with Crippen LogP contribution < -0.4 is 4.74 Å². The third-order valence-electron chi connectivity index (χ3n) is 5.99. The van der Waals surface area contributed by atoms with Crippen molar-refractivity contribution in [1.29, 1.82) is 0 Å². The van der Waals surface area contributed by atoms with Crippen LogP contribution in [0.15, 0.2) is 53.1 Å². The van der Waals surface area contributed by atoms with Gasteiger partial charge < -0.3 is 19.1 Å². The molecule has 1 unspecified atom stereocenters. The number of carbonyl (C=O) groups excluding carboxylic acids is 2. The summed E-state index contributed by atoms with van der Waals surface area (Å²) in [5.74, 6) is 1.31. The van der Waals surface area contributed by atoms with E-state index in [9.17, 15) is 9.59 Å². The Hall–Kier alpha value is -3.39. The monoisotopic (exact) mass is 496 g/mol. The van der Waals surface area contributed by atoms with Crippen LogP contribution in [0.1, 0.15) is 42.4 Å².